The zero-order chi connectivity index (χ0) is 28.5. The van der Waals surface area contributed by atoms with Gasteiger partial charge < -0.3 is 5.73 Å². The van der Waals surface area contributed by atoms with E-state index in [-0.39, 0.29) is 24.1 Å². The predicted molar refractivity (Wildman–Crippen MR) is 149 cm³/mol. The molecule has 1 atom stereocenters. The molecule has 0 spiro atoms. The van der Waals surface area contributed by atoms with Crippen LogP contribution in [0.1, 0.15) is 80.2 Å². The molecule has 0 bridgehead atoms. The number of rotatable bonds is 13. The quantitative estimate of drug-likeness (QED) is 0.202. The van der Waals surface area contributed by atoms with Crippen LogP contribution in [-0.4, -0.2) is 17.1 Å². The first kappa shape index (κ1) is 29.7. The lowest BCUT2D eigenvalue weighted by atomic mass is 9.89. The van der Waals surface area contributed by atoms with Crippen molar-refractivity contribution in [3.05, 3.63) is 88.2 Å². The highest BCUT2D eigenvalue weighted by Crippen LogP contribution is 2.45. The summed E-state index contributed by atoms with van der Waals surface area (Å²) in [5.74, 6) is -0.219. The monoisotopic (exact) mass is 555 g/mol. The zero-order valence-corrected chi connectivity index (χ0v) is 22.7. The molecular formula is C32H37F4N3O. The Bertz CT molecular complexity index is 1240. The van der Waals surface area contributed by atoms with Crippen LogP contribution in [0.15, 0.2) is 70.8 Å². The number of nitrogens with zero attached hydrogens (tertiary/aromatic N) is 2. The van der Waals surface area contributed by atoms with Gasteiger partial charge in [0.15, 0.2) is 0 Å². The van der Waals surface area contributed by atoms with Crippen LogP contribution in [0.5, 0.6) is 0 Å². The topological polar surface area (TPSA) is 68.3 Å². The third-order valence-electron chi connectivity index (χ3n) is 7.62. The lowest BCUT2D eigenvalue weighted by molar-refractivity contribution is -0.141. The number of pyridine rings is 1. The van der Waals surface area contributed by atoms with E-state index in [4.69, 9.17) is 5.73 Å². The van der Waals surface area contributed by atoms with Gasteiger partial charge >= 0.3 is 6.18 Å². The second-order valence-electron chi connectivity index (χ2n) is 10.9. The largest absolute Gasteiger partial charge is 0.433 e. The smallest absolute Gasteiger partial charge is 0.369 e. The number of aryl methyl sites for hydroxylation is 2. The molecule has 8 heteroatoms. The summed E-state index contributed by atoms with van der Waals surface area (Å²) >= 11 is 0. The number of carbonyl (C=O) groups excluding carboxylic acids is 1. The molecular weight excluding hydrogens is 518 g/mol. The number of carbonyl (C=O) groups is 1. The van der Waals surface area contributed by atoms with Gasteiger partial charge in [-0.05, 0) is 111 Å². The number of aromatic nitrogens is 1. The van der Waals surface area contributed by atoms with Crippen molar-refractivity contribution >= 4 is 12.1 Å². The van der Waals surface area contributed by atoms with Gasteiger partial charge in [0.2, 0.25) is 5.91 Å². The van der Waals surface area contributed by atoms with E-state index in [9.17, 15) is 18.0 Å². The molecule has 1 unspecified atom stereocenters. The summed E-state index contributed by atoms with van der Waals surface area (Å²) in [6.45, 7) is 0. The lowest BCUT2D eigenvalue weighted by Gasteiger charge is -2.20. The Kier molecular flexibility index (Phi) is 10.3. The van der Waals surface area contributed by atoms with Gasteiger partial charge in [0.25, 0.3) is 0 Å². The van der Waals surface area contributed by atoms with Crippen molar-refractivity contribution in [3.8, 4) is 0 Å². The van der Waals surface area contributed by atoms with Gasteiger partial charge in [-0.15, -0.1) is 0 Å². The third-order valence-corrected chi connectivity index (χ3v) is 7.62. The molecule has 2 N–H and O–H groups in total. The van der Waals surface area contributed by atoms with E-state index in [0.29, 0.717) is 42.9 Å². The number of benzene rings is 1. The Labute approximate surface area is 233 Å². The van der Waals surface area contributed by atoms with Crippen LogP contribution >= 0.6 is 0 Å². The van der Waals surface area contributed by atoms with Crippen molar-refractivity contribution in [2.75, 3.05) is 0 Å². The van der Waals surface area contributed by atoms with Crippen molar-refractivity contribution in [1.82, 2.24) is 4.98 Å². The van der Waals surface area contributed by atoms with Gasteiger partial charge in [0, 0.05) is 18.3 Å². The second kappa shape index (κ2) is 13.9. The van der Waals surface area contributed by atoms with E-state index < -0.39 is 11.9 Å². The molecule has 1 amide bonds. The molecule has 2 aliphatic rings. The summed E-state index contributed by atoms with van der Waals surface area (Å²) in [5, 5.41) is 0. The maximum atomic E-state index is 16.0. The average Bonchev–Trinajstić information content (AvgIpc) is 3.75. The zero-order valence-electron chi connectivity index (χ0n) is 22.7. The summed E-state index contributed by atoms with van der Waals surface area (Å²) in [5.41, 5.74) is 8.28. The minimum atomic E-state index is -4.46. The minimum Gasteiger partial charge on any atom is -0.369 e. The number of allylic oxidation sites excluding steroid dienone is 4. The van der Waals surface area contributed by atoms with Crippen LogP contribution in [0.4, 0.5) is 17.6 Å². The number of nitrogens with two attached hydrogens (primary N) is 1. The molecule has 1 aromatic carbocycles. The van der Waals surface area contributed by atoms with Crippen molar-refractivity contribution < 1.29 is 22.4 Å². The fourth-order valence-corrected chi connectivity index (χ4v) is 5.35. The fraction of sp³-hybridized carbons (Fsp3) is 0.469. The fourth-order valence-electron chi connectivity index (χ4n) is 5.35. The van der Waals surface area contributed by atoms with Crippen LogP contribution in [-0.2, 0) is 30.2 Å². The standard InChI is InChI=1S/C32H37F4N3O/c33-30-26(8-2-1-6-22-11-13-24(14-12-22)21-29(37)40)9-3-4-18-39-31(30)27(25-15-16-25)10-5-7-23-17-19-38-28(20-23)32(34,35)36/h9,11-14,17-20,25,27H,1-8,10,15-16,21H2,(H2,37,40)/b26-9-,31-30+,39-18+. The molecule has 40 heavy (non-hydrogen) atoms. The minimum absolute atomic E-state index is 0.0272. The highest BCUT2D eigenvalue weighted by atomic mass is 19.4. The van der Waals surface area contributed by atoms with Crippen LogP contribution in [0.2, 0.25) is 0 Å². The van der Waals surface area contributed by atoms with Crippen LogP contribution in [0, 0.1) is 11.8 Å². The Morgan fingerprint density at radius 3 is 2.35 bits per heavy atom. The number of alkyl halides is 3. The van der Waals surface area contributed by atoms with Gasteiger partial charge in [-0.2, -0.15) is 13.2 Å². The molecule has 1 aliphatic carbocycles. The Morgan fingerprint density at radius 2 is 1.65 bits per heavy atom. The van der Waals surface area contributed by atoms with Crippen molar-refractivity contribution in [2.45, 2.75) is 83.2 Å². The second-order valence-corrected chi connectivity index (χ2v) is 10.9. The number of amides is 1. The van der Waals surface area contributed by atoms with E-state index in [1.165, 1.54) is 11.8 Å². The number of halogens is 4. The highest BCUT2D eigenvalue weighted by Gasteiger charge is 2.36. The van der Waals surface area contributed by atoms with Crippen LogP contribution < -0.4 is 5.73 Å². The van der Waals surface area contributed by atoms with Gasteiger partial charge in [0.1, 0.15) is 11.5 Å². The van der Waals surface area contributed by atoms with E-state index in [1.54, 1.807) is 12.3 Å². The lowest BCUT2D eigenvalue weighted by Crippen LogP contribution is -2.13. The van der Waals surface area contributed by atoms with Crippen molar-refractivity contribution in [1.29, 1.82) is 0 Å². The SMILES string of the molecule is NC(=O)Cc1ccc(CCCCC2=C/CC/C=N/C(C(CCCc3ccnc(C(F)(F)F)c3)C3CC3)=C\2F)cc1. The molecule has 1 aliphatic heterocycles. The first-order valence-corrected chi connectivity index (χ1v) is 14.2. The molecule has 1 aromatic heterocycles. The van der Waals surface area contributed by atoms with Crippen LogP contribution in [0.25, 0.3) is 0 Å². The van der Waals surface area contributed by atoms with E-state index in [0.717, 1.165) is 62.1 Å². The summed E-state index contributed by atoms with van der Waals surface area (Å²) in [4.78, 5) is 19.1. The summed E-state index contributed by atoms with van der Waals surface area (Å²) in [6, 6.07) is 10.6. The number of hydrogen-bond acceptors (Lipinski definition) is 3. The molecule has 0 saturated heterocycles. The molecule has 214 valence electrons. The van der Waals surface area contributed by atoms with Gasteiger partial charge in [-0.25, -0.2) is 4.39 Å². The number of hydrogen-bond donors (Lipinski definition) is 1. The predicted octanol–water partition coefficient (Wildman–Crippen LogP) is 7.86. The number of primary amides is 1. The van der Waals surface area contributed by atoms with E-state index in [1.807, 2.05) is 30.3 Å². The Balaban J connectivity index is 1.35. The van der Waals surface area contributed by atoms with Crippen LogP contribution in [0.3, 0.4) is 0 Å². The maximum absolute atomic E-state index is 16.0. The Morgan fingerprint density at radius 1 is 0.950 bits per heavy atom. The van der Waals surface area contributed by atoms with Gasteiger partial charge in [0.05, 0.1) is 12.1 Å². The number of unbranched alkanes of at least 4 members (excludes halogenated alkanes) is 1. The Hall–Kier alpha value is -3.29. The molecule has 1 saturated carbocycles. The van der Waals surface area contributed by atoms with E-state index in [2.05, 4.69) is 9.98 Å². The molecule has 0 radical (unpaired) electrons. The molecule has 4 rings (SSSR count). The first-order chi connectivity index (χ1) is 19.2. The van der Waals surface area contributed by atoms with E-state index >= 15 is 4.39 Å². The summed E-state index contributed by atoms with van der Waals surface area (Å²) in [7, 11) is 0. The molecule has 2 heterocycles. The summed E-state index contributed by atoms with van der Waals surface area (Å²) in [6.07, 6.45) is 9.43. The normalized spacial score (nSPS) is 20.8. The number of aliphatic imine (C=N–C) groups is 1. The van der Waals surface area contributed by atoms with Gasteiger partial charge in [-0.3, -0.25) is 14.8 Å². The average molecular weight is 556 g/mol. The maximum Gasteiger partial charge on any atom is 0.433 e. The molecule has 1 fully saturated rings. The molecule has 2 aromatic rings. The highest BCUT2D eigenvalue weighted by molar-refractivity contribution is 5.76. The third kappa shape index (κ3) is 8.86. The summed E-state index contributed by atoms with van der Waals surface area (Å²) < 4.78 is 55.0. The van der Waals surface area contributed by atoms with Crippen molar-refractivity contribution in [2.24, 2.45) is 22.6 Å². The van der Waals surface area contributed by atoms with Gasteiger partial charge in [-0.1, -0.05) is 30.3 Å². The molecule has 4 nitrogen and oxygen atoms in total. The first-order valence-electron chi connectivity index (χ1n) is 14.2. The van der Waals surface area contributed by atoms with Crippen molar-refractivity contribution in [3.63, 3.8) is 0 Å².